The van der Waals surface area contributed by atoms with E-state index in [-0.39, 0.29) is 0 Å². The fourth-order valence-corrected chi connectivity index (χ4v) is 3.91. The Hall–Kier alpha value is -2.71. The van der Waals surface area contributed by atoms with E-state index < -0.39 is 0 Å². The van der Waals surface area contributed by atoms with Crippen molar-refractivity contribution >= 4 is 43.7 Å². The predicted molar refractivity (Wildman–Crippen MR) is 122 cm³/mol. The SMILES string of the molecule is COCCCCCOc1ccc2cc(Br)ccc2c1Cn1cnc2c(N)ncnc21. The molecule has 156 valence electrons. The van der Waals surface area contributed by atoms with Gasteiger partial charge in [-0.15, -0.1) is 0 Å². The van der Waals surface area contributed by atoms with Crippen LogP contribution in [0.5, 0.6) is 5.75 Å². The maximum Gasteiger partial charge on any atom is 0.165 e. The molecule has 0 saturated carbocycles. The second-order valence-electron chi connectivity index (χ2n) is 7.11. The van der Waals surface area contributed by atoms with Crippen molar-refractivity contribution in [3.05, 3.63) is 53.0 Å². The van der Waals surface area contributed by atoms with Crippen molar-refractivity contribution in [1.82, 2.24) is 19.5 Å². The van der Waals surface area contributed by atoms with Crippen LogP contribution in [-0.4, -0.2) is 39.8 Å². The Labute approximate surface area is 183 Å². The van der Waals surface area contributed by atoms with E-state index in [0.717, 1.165) is 52.4 Å². The van der Waals surface area contributed by atoms with Gasteiger partial charge in [-0.1, -0.05) is 28.1 Å². The van der Waals surface area contributed by atoms with Gasteiger partial charge >= 0.3 is 0 Å². The van der Waals surface area contributed by atoms with Crippen molar-refractivity contribution in [2.45, 2.75) is 25.8 Å². The molecule has 0 aliphatic heterocycles. The largest absolute Gasteiger partial charge is 0.493 e. The molecule has 2 aromatic heterocycles. The van der Waals surface area contributed by atoms with Gasteiger partial charge in [0.25, 0.3) is 0 Å². The third kappa shape index (κ3) is 4.39. The number of hydrogen-bond donors (Lipinski definition) is 1. The van der Waals surface area contributed by atoms with Crippen molar-refractivity contribution in [3.8, 4) is 5.75 Å². The number of methoxy groups -OCH3 is 1. The summed E-state index contributed by atoms with van der Waals surface area (Å²) in [7, 11) is 1.73. The third-order valence-electron chi connectivity index (χ3n) is 5.06. The molecule has 0 bridgehead atoms. The van der Waals surface area contributed by atoms with Crippen LogP contribution < -0.4 is 10.5 Å². The number of imidazole rings is 1. The highest BCUT2D eigenvalue weighted by Gasteiger charge is 2.14. The summed E-state index contributed by atoms with van der Waals surface area (Å²) in [6.45, 7) is 2.03. The number of hydrogen-bond acceptors (Lipinski definition) is 6. The molecule has 0 spiro atoms. The first-order valence-corrected chi connectivity index (χ1v) is 10.7. The molecule has 0 amide bonds. The van der Waals surface area contributed by atoms with E-state index in [1.165, 1.54) is 6.33 Å². The smallest absolute Gasteiger partial charge is 0.165 e. The summed E-state index contributed by atoms with van der Waals surface area (Å²) in [5.41, 5.74) is 8.36. The Bertz CT molecular complexity index is 1160. The average molecular weight is 470 g/mol. The van der Waals surface area contributed by atoms with Crippen LogP contribution in [0.4, 0.5) is 5.82 Å². The molecule has 0 atom stereocenters. The van der Waals surface area contributed by atoms with E-state index in [0.29, 0.717) is 30.1 Å². The molecule has 4 rings (SSSR count). The highest BCUT2D eigenvalue weighted by atomic mass is 79.9. The van der Waals surface area contributed by atoms with Gasteiger partial charge in [0.2, 0.25) is 0 Å². The lowest BCUT2D eigenvalue weighted by Crippen LogP contribution is -2.06. The molecule has 0 radical (unpaired) electrons. The normalized spacial score (nSPS) is 11.4. The van der Waals surface area contributed by atoms with Gasteiger partial charge in [-0.05, 0) is 48.2 Å². The Morgan fingerprint density at radius 2 is 1.90 bits per heavy atom. The zero-order chi connectivity index (χ0) is 20.9. The quantitative estimate of drug-likeness (QED) is 0.361. The first-order valence-electron chi connectivity index (χ1n) is 9.91. The average Bonchev–Trinajstić information content (AvgIpc) is 3.16. The number of aromatic nitrogens is 4. The lowest BCUT2D eigenvalue weighted by molar-refractivity contribution is 0.189. The molecule has 0 unspecified atom stereocenters. The Morgan fingerprint density at radius 1 is 1.03 bits per heavy atom. The van der Waals surface area contributed by atoms with Crippen molar-refractivity contribution in [1.29, 1.82) is 0 Å². The van der Waals surface area contributed by atoms with Crippen LogP contribution in [0, 0.1) is 0 Å². The van der Waals surface area contributed by atoms with E-state index in [9.17, 15) is 0 Å². The molecule has 2 N–H and O–H groups in total. The number of nitrogen functional groups attached to an aromatic ring is 1. The van der Waals surface area contributed by atoms with E-state index in [4.69, 9.17) is 15.2 Å². The maximum atomic E-state index is 6.20. The molecule has 2 aromatic carbocycles. The molecular weight excluding hydrogens is 446 g/mol. The van der Waals surface area contributed by atoms with Crippen LogP contribution in [0.1, 0.15) is 24.8 Å². The van der Waals surface area contributed by atoms with Gasteiger partial charge in [-0.2, -0.15) is 0 Å². The maximum absolute atomic E-state index is 6.20. The number of ether oxygens (including phenoxy) is 2. The summed E-state index contributed by atoms with van der Waals surface area (Å²) < 4.78 is 14.3. The number of halogens is 1. The highest BCUT2D eigenvalue weighted by Crippen LogP contribution is 2.32. The molecule has 0 aliphatic rings. The van der Waals surface area contributed by atoms with Gasteiger partial charge in [0.1, 0.15) is 17.6 Å². The Morgan fingerprint density at radius 3 is 2.77 bits per heavy atom. The molecule has 2 heterocycles. The number of nitrogens with zero attached hydrogens (tertiary/aromatic N) is 4. The minimum Gasteiger partial charge on any atom is -0.493 e. The molecule has 7 nitrogen and oxygen atoms in total. The van der Waals surface area contributed by atoms with E-state index in [1.807, 2.05) is 16.7 Å². The zero-order valence-electron chi connectivity index (χ0n) is 16.8. The first-order chi connectivity index (χ1) is 14.7. The fourth-order valence-electron chi connectivity index (χ4n) is 3.54. The predicted octanol–water partition coefficient (Wildman–Crippen LogP) is 4.57. The zero-order valence-corrected chi connectivity index (χ0v) is 18.4. The number of fused-ring (bicyclic) bond motifs is 2. The van der Waals surface area contributed by atoms with Gasteiger partial charge in [-0.25, -0.2) is 15.0 Å². The van der Waals surface area contributed by atoms with Crippen LogP contribution >= 0.6 is 15.9 Å². The van der Waals surface area contributed by atoms with Gasteiger partial charge in [0, 0.05) is 23.8 Å². The second kappa shape index (κ2) is 9.40. The Kier molecular flexibility index (Phi) is 6.44. The van der Waals surface area contributed by atoms with E-state index >= 15 is 0 Å². The summed E-state index contributed by atoms with van der Waals surface area (Å²) in [5.74, 6) is 1.26. The number of benzene rings is 2. The summed E-state index contributed by atoms with van der Waals surface area (Å²) in [5, 5.41) is 2.28. The molecule has 0 aliphatic carbocycles. The first kappa shape index (κ1) is 20.6. The topological polar surface area (TPSA) is 88.1 Å². The Balaban J connectivity index is 1.65. The van der Waals surface area contributed by atoms with Crippen molar-refractivity contribution in [3.63, 3.8) is 0 Å². The number of nitrogens with two attached hydrogens (primary N) is 1. The van der Waals surface area contributed by atoms with Crippen molar-refractivity contribution in [2.75, 3.05) is 26.1 Å². The van der Waals surface area contributed by atoms with Gasteiger partial charge in [-0.3, -0.25) is 0 Å². The molecular formula is C22H24BrN5O2. The third-order valence-corrected chi connectivity index (χ3v) is 5.55. The minimum atomic E-state index is 0.383. The minimum absolute atomic E-state index is 0.383. The molecule has 0 saturated heterocycles. The number of anilines is 1. The molecule has 8 heteroatoms. The summed E-state index contributed by atoms with van der Waals surface area (Å²) in [4.78, 5) is 12.8. The monoisotopic (exact) mass is 469 g/mol. The van der Waals surface area contributed by atoms with Gasteiger partial charge in [0.05, 0.1) is 19.5 Å². The number of rotatable bonds is 9. The highest BCUT2D eigenvalue weighted by molar-refractivity contribution is 9.10. The number of unbranched alkanes of at least 4 members (excludes halogenated alkanes) is 2. The lowest BCUT2D eigenvalue weighted by Gasteiger charge is -2.15. The molecule has 0 fully saturated rings. The van der Waals surface area contributed by atoms with E-state index in [1.54, 1.807) is 13.4 Å². The summed E-state index contributed by atoms with van der Waals surface area (Å²) >= 11 is 3.56. The van der Waals surface area contributed by atoms with E-state index in [2.05, 4.69) is 49.1 Å². The molecule has 4 aromatic rings. The molecule has 30 heavy (non-hydrogen) atoms. The van der Waals surface area contributed by atoms with Crippen LogP contribution in [0.3, 0.4) is 0 Å². The van der Waals surface area contributed by atoms with Gasteiger partial charge < -0.3 is 19.8 Å². The van der Waals surface area contributed by atoms with Crippen LogP contribution in [0.25, 0.3) is 21.9 Å². The van der Waals surface area contributed by atoms with Crippen molar-refractivity contribution in [2.24, 2.45) is 0 Å². The summed E-state index contributed by atoms with van der Waals surface area (Å²) in [6, 6.07) is 10.4. The fraction of sp³-hybridized carbons (Fsp3) is 0.318. The van der Waals surface area contributed by atoms with Crippen molar-refractivity contribution < 1.29 is 9.47 Å². The second-order valence-corrected chi connectivity index (χ2v) is 8.03. The van der Waals surface area contributed by atoms with Crippen LogP contribution in [-0.2, 0) is 11.3 Å². The summed E-state index contributed by atoms with van der Waals surface area (Å²) in [6.07, 6.45) is 6.32. The standard InChI is InChI=1S/C22H24BrN5O2/c1-29-9-3-2-4-10-30-19-8-5-15-11-16(23)6-7-17(15)18(19)12-28-14-27-20-21(24)25-13-26-22(20)28/h5-8,11,13-14H,2-4,9-10,12H2,1H3,(H2,24,25,26). The lowest BCUT2D eigenvalue weighted by atomic mass is 10.0. The van der Waals surface area contributed by atoms with Crippen LogP contribution in [0.2, 0.25) is 0 Å². The van der Waals surface area contributed by atoms with Crippen LogP contribution in [0.15, 0.2) is 47.5 Å². The van der Waals surface area contributed by atoms with Gasteiger partial charge in [0.15, 0.2) is 11.5 Å².